The second kappa shape index (κ2) is 6.46. The standard InChI is InChI=1S/C16H26N2O2S/c1-16(2)9-3-12-18(13-10-16)21(19,20)15-6-4-14(5-7-15)8-11-17/h4-7H,3,8-13,17H2,1-2H3. The van der Waals surface area contributed by atoms with Gasteiger partial charge in [0.25, 0.3) is 0 Å². The van der Waals surface area contributed by atoms with Crippen molar-refractivity contribution in [3.8, 4) is 0 Å². The van der Waals surface area contributed by atoms with E-state index in [0.29, 0.717) is 24.5 Å². The predicted molar refractivity (Wildman–Crippen MR) is 85.6 cm³/mol. The lowest BCUT2D eigenvalue weighted by Crippen LogP contribution is -2.32. The Labute approximate surface area is 128 Å². The van der Waals surface area contributed by atoms with Crippen LogP contribution in [0.2, 0.25) is 0 Å². The van der Waals surface area contributed by atoms with Crippen LogP contribution in [0.25, 0.3) is 0 Å². The molecule has 1 aliphatic heterocycles. The van der Waals surface area contributed by atoms with Crippen molar-refractivity contribution in [2.45, 2.75) is 44.4 Å². The summed E-state index contributed by atoms with van der Waals surface area (Å²) in [6.07, 6.45) is 3.70. The van der Waals surface area contributed by atoms with E-state index in [2.05, 4.69) is 13.8 Å². The molecule has 0 aromatic heterocycles. The van der Waals surface area contributed by atoms with Gasteiger partial charge in [-0.05, 0) is 55.3 Å². The molecule has 1 aromatic rings. The zero-order valence-electron chi connectivity index (χ0n) is 13.0. The summed E-state index contributed by atoms with van der Waals surface area (Å²) in [5, 5.41) is 0. The number of sulfonamides is 1. The summed E-state index contributed by atoms with van der Waals surface area (Å²) in [5.74, 6) is 0. The Balaban J connectivity index is 2.17. The van der Waals surface area contributed by atoms with Crippen LogP contribution in [0.1, 0.15) is 38.7 Å². The minimum Gasteiger partial charge on any atom is -0.330 e. The van der Waals surface area contributed by atoms with Crippen molar-refractivity contribution < 1.29 is 8.42 Å². The molecule has 0 amide bonds. The first kappa shape index (κ1) is 16.5. The van der Waals surface area contributed by atoms with Crippen LogP contribution in [-0.2, 0) is 16.4 Å². The average molecular weight is 310 g/mol. The van der Waals surface area contributed by atoms with Gasteiger partial charge in [-0.15, -0.1) is 0 Å². The zero-order chi connectivity index (χ0) is 15.5. The van der Waals surface area contributed by atoms with Gasteiger partial charge < -0.3 is 5.73 Å². The van der Waals surface area contributed by atoms with E-state index in [1.165, 1.54) is 0 Å². The molecule has 1 fully saturated rings. The molecule has 2 rings (SSSR count). The fourth-order valence-corrected chi connectivity index (χ4v) is 4.26. The Hall–Kier alpha value is -0.910. The molecule has 0 unspecified atom stereocenters. The maximum absolute atomic E-state index is 12.7. The van der Waals surface area contributed by atoms with Crippen molar-refractivity contribution in [2.24, 2.45) is 11.1 Å². The van der Waals surface area contributed by atoms with Crippen molar-refractivity contribution in [1.82, 2.24) is 4.31 Å². The minimum atomic E-state index is -3.37. The van der Waals surface area contributed by atoms with E-state index in [-0.39, 0.29) is 5.41 Å². The SMILES string of the molecule is CC1(C)CCCN(S(=O)(=O)c2ccc(CCN)cc2)CC1. The molecule has 0 spiro atoms. The summed E-state index contributed by atoms with van der Waals surface area (Å²) < 4.78 is 27.1. The molecule has 118 valence electrons. The Morgan fingerprint density at radius 3 is 2.43 bits per heavy atom. The highest BCUT2D eigenvalue weighted by Crippen LogP contribution is 2.31. The van der Waals surface area contributed by atoms with Crippen LogP contribution in [0.4, 0.5) is 0 Å². The lowest BCUT2D eigenvalue weighted by atomic mass is 9.85. The summed E-state index contributed by atoms with van der Waals surface area (Å²) in [7, 11) is -3.37. The smallest absolute Gasteiger partial charge is 0.243 e. The van der Waals surface area contributed by atoms with Crippen molar-refractivity contribution >= 4 is 10.0 Å². The first-order valence-electron chi connectivity index (χ1n) is 7.64. The number of nitrogens with two attached hydrogens (primary N) is 1. The fourth-order valence-electron chi connectivity index (χ4n) is 2.78. The quantitative estimate of drug-likeness (QED) is 0.928. The van der Waals surface area contributed by atoms with E-state index >= 15 is 0 Å². The van der Waals surface area contributed by atoms with Gasteiger partial charge in [0.05, 0.1) is 4.90 Å². The lowest BCUT2D eigenvalue weighted by molar-refractivity contribution is 0.315. The van der Waals surface area contributed by atoms with E-state index in [0.717, 1.165) is 31.2 Å². The van der Waals surface area contributed by atoms with E-state index in [4.69, 9.17) is 5.73 Å². The van der Waals surface area contributed by atoms with Gasteiger partial charge in [0.1, 0.15) is 0 Å². The molecule has 0 saturated carbocycles. The monoisotopic (exact) mass is 310 g/mol. The molecule has 1 aliphatic rings. The van der Waals surface area contributed by atoms with Crippen LogP contribution in [0.3, 0.4) is 0 Å². The first-order chi connectivity index (χ1) is 9.85. The van der Waals surface area contributed by atoms with Gasteiger partial charge in [-0.2, -0.15) is 4.31 Å². The predicted octanol–water partition coefficient (Wildman–Crippen LogP) is 2.39. The molecule has 0 bridgehead atoms. The Kier molecular flexibility index (Phi) is 5.07. The Morgan fingerprint density at radius 1 is 1.14 bits per heavy atom. The third-order valence-corrected chi connectivity index (χ3v) is 6.21. The Bertz CT molecular complexity index is 564. The van der Waals surface area contributed by atoms with Crippen molar-refractivity contribution in [3.63, 3.8) is 0 Å². The molecule has 1 aromatic carbocycles. The van der Waals surface area contributed by atoms with Gasteiger partial charge in [0.2, 0.25) is 10.0 Å². The molecule has 5 heteroatoms. The van der Waals surface area contributed by atoms with Crippen LogP contribution >= 0.6 is 0 Å². The highest BCUT2D eigenvalue weighted by atomic mass is 32.2. The van der Waals surface area contributed by atoms with Crippen LogP contribution in [-0.4, -0.2) is 32.4 Å². The van der Waals surface area contributed by atoms with Gasteiger partial charge >= 0.3 is 0 Å². The molecule has 0 radical (unpaired) electrons. The number of hydrogen-bond donors (Lipinski definition) is 1. The van der Waals surface area contributed by atoms with Crippen molar-refractivity contribution in [1.29, 1.82) is 0 Å². The molecule has 1 saturated heterocycles. The second-order valence-corrected chi connectivity index (χ2v) is 8.54. The maximum atomic E-state index is 12.7. The molecule has 1 heterocycles. The van der Waals surface area contributed by atoms with Crippen LogP contribution in [0, 0.1) is 5.41 Å². The third-order valence-electron chi connectivity index (χ3n) is 4.29. The van der Waals surface area contributed by atoms with Crippen LogP contribution in [0.15, 0.2) is 29.2 Å². The van der Waals surface area contributed by atoms with E-state index in [9.17, 15) is 8.42 Å². The second-order valence-electron chi connectivity index (χ2n) is 6.60. The van der Waals surface area contributed by atoms with Crippen molar-refractivity contribution in [3.05, 3.63) is 29.8 Å². The molecule has 0 aliphatic carbocycles. The summed E-state index contributed by atoms with van der Waals surface area (Å²) in [6.45, 7) is 6.24. The first-order valence-corrected chi connectivity index (χ1v) is 9.08. The molecular formula is C16H26N2O2S. The molecular weight excluding hydrogens is 284 g/mol. The average Bonchev–Trinajstić information content (AvgIpc) is 2.61. The zero-order valence-corrected chi connectivity index (χ0v) is 13.8. The number of hydrogen-bond acceptors (Lipinski definition) is 3. The summed E-state index contributed by atoms with van der Waals surface area (Å²) >= 11 is 0. The molecule has 0 atom stereocenters. The van der Waals surface area contributed by atoms with Crippen LogP contribution < -0.4 is 5.73 Å². The van der Waals surface area contributed by atoms with Crippen LogP contribution in [0.5, 0.6) is 0 Å². The van der Waals surface area contributed by atoms with Gasteiger partial charge in [0, 0.05) is 13.1 Å². The topological polar surface area (TPSA) is 63.4 Å². The van der Waals surface area contributed by atoms with Gasteiger partial charge in [-0.25, -0.2) is 8.42 Å². The maximum Gasteiger partial charge on any atom is 0.243 e. The van der Waals surface area contributed by atoms with Gasteiger partial charge in [-0.1, -0.05) is 26.0 Å². The van der Waals surface area contributed by atoms with Gasteiger partial charge in [-0.3, -0.25) is 0 Å². The summed E-state index contributed by atoms with van der Waals surface area (Å²) in [5.41, 5.74) is 6.83. The largest absolute Gasteiger partial charge is 0.330 e. The number of nitrogens with zero attached hydrogens (tertiary/aromatic N) is 1. The van der Waals surface area contributed by atoms with Gasteiger partial charge in [0.15, 0.2) is 0 Å². The molecule has 4 nitrogen and oxygen atoms in total. The third kappa shape index (κ3) is 4.05. The Morgan fingerprint density at radius 2 is 1.81 bits per heavy atom. The highest BCUT2D eigenvalue weighted by Gasteiger charge is 2.30. The number of benzene rings is 1. The summed E-state index contributed by atoms with van der Waals surface area (Å²) in [6, 6.07) is 7.13. The molecule has 21 heavy (non-hydrogen) atoms. The summed E-state index contributed by atoms with van der Waals surface area (Å²) in [4.78, 5) is 0.392. The number of rotatable bonds is 4. The minimum absolute atomic E-state index is 0.231. The fraction of sp³-hybridized carbons (Fsp3) is 0.625. The van der Waals surface area contributed by atoms with E-state index in [1.54, 1.807) is 16.4 Å². The van der Waals surface area contributed by atoms with Crippen molar-refractivity contribution in [2.75, 3.05) is 19.6 Å². The van der Waals surface area contributed by atoms with E-state index < -0.39 is 10.0 Å². The molecule has 2 N–H and O–H groups in total. The highest BCUT2D eigenvalue weighted by molar-refractivity contribution is 7.89. The lowest BCUT2D eigenvalue weighted by Gasteiger charge is -2.23. The normalized spacial score (nSPS) is 20.1. The van der Waals surface area contributed by atoms with E-state index in [1.807, 2.05) is 12.1 Å².